The number of fused-ring (bicyclic) bond motifs is 1. The number of hydrazone groups is 1. The van der Waals surface area contributed by atoms with Crippen LogP contribution in [0.15, 0.2) is 40.0 Å². The van der Waals surface area contributed by atoms with Crippen molar-refractivity contribution in [2.24, 2.45) is 5.10 Å². The van der Waals surface area contributed by atoms with Crippen LogP contribution in [-0.2, 0) is 0 Å². The predicted octanol–water partition coefficient (Wildman–Crippen LogP) is 4.13. The quantitative estimate of drug-likeness (QED) is 0.417. The van der Waals surface area contributed by atoms with Crippen LogP contribution in [0.25, 0.3) is 11.0 Å². The Morgan fingerprint density at radius 1 is 1.38 bits per heavy atom. The molecule has 3 aromatic rings. The molecule has 7 heteroatoms. The topological polar surface area (TPSA) is 66.0 Å². The first-order valence-electron chi connectivity index (χ1n) is 6.19. The second kappa shape index (κ2) is 5.83. The number of hydrogen-bond donors (Lipinski definition) is 2. The van der Waals surface area contributed by atoms with Gasteiger partial charge in [-0.1, -0.05) is 29.8 Å². The van der Waals surface area contributed by atoms with Gasteiger partial charge in [-0.05, 0) is 40.0 Å². The van der Waals surface area contributed by atoms with Crippen LogP contribution in [0.5, 0.6) is 0 Å². The third-order valence-corrected chi connectivity index (χ3v) is 3.65. The number of anilines is 1. The van der Waals surface area contributed by atoms with Crippen LogP contribution in [0, 0.1) is 6.92 Å². The molecule has 2 heterocycles. The van der Waals surface area contributed by atoms with Crippen LogP contribution in [-0.4, -0.2) is 21.2 Å². The van der Waals surface area contributed by atoms with E-state index in [4.69, 9.17) is 11.6 Å². The summed E-state index contributed by atoms with van der Waals surface area (Å²) in [6, 6.07) is 8.04. The lowest BCUT2D eigenvalue weighted by molar-refractivity contribution is 1.18. The van der Waals surface area contributed by atoms with E-state index in [1.807, 2.05) is 31.2 Å². The molecule has 0 atom stereocenters. The van der Waals surface area contributed by atoms with Gasteiger partial charge < -0.3 is 4.98 Å². The molecule has 0 saturated carbocycles. The summed E-state index contributed by atoms with van der Waals surface area (Å²) in [4.78, 5) is 11.4. The summed E-state index contributed by atoms with van der Waals surface area (Å²) in [5, 5.41) is 4.36. The Balaban J connectivity index is 1.88. The number of hydrogen-bond acceptors (Lipinski definition) is 4. The van der Waals surface area contributed by atoms with Gasteiger partial charge in [0.25, 0.3) is 0 Å². The first kappa shape index (κ1) is 14.0. The summed E-state index contributed by atoms with van der Waals surface area (Å²) in [6.45, 7) is 2.04. The van der Waals surface area contributed by atoms with E-state index < -0.39 is 0 Å². The molecular weight excluding hydrogens is 354 g/mol. The predicted molar refractivity (Wildman–Crippen MR) is 89.0 cm³/mol. The molecule has 0 bridgehead atoms. The largest absolute Gasteiger partial charge is 0.356 e. The van der Waals surface area contributed by atoms with Gasteiger partial charge in [0.1, 0.15) is 11.0 Å². The lowest BCUT2D eigenvalue weighted by Gasteiger charge is -2.02. The Bertz CT molecular complexity index is 827. The molecule has 106 valence electrons. The first-order valence-corrected chi connectivity index (χ1v) is 7.36. The molecule has 0 saturated heterocycles. The number of nitrogens with zero attached hydrogens (tertiary/aromatic N) is 3. The van der Waals surface area contributed by atoms with Gasteiger partial charge in [-0.15, -0.1) is 0 Å². The van der Waals surface area contributed by atoms with E-state index in [0.717, 1.165) is 15.6 Å². The highest BCUT2D eigenvalue weighted by Crippen LogP contribution is 2.27. The van der Waals surface area contributed by atoms with E-state index in [2.05, 4.69) is 41.4 Å². The zero-order chi connectivity index (χ0) is 14.8. The maximum absolute atomic E-state index is 5.92. The Morgan fingerprint density at radius 2 is 2.24 bits per heavy atom. The van der Waals surface area contributed by atoms with E-state index in [9.17, 15) is 0 Å². The third kappa shape index (κ3) is 3.06. The molecule has 0 fully saturated rings. The molecule has 0 radical (unpaired) electrons. The fourth-order valence-electron chi connectivity index (χ4n) is 1.95. The van der Waals surface area contributed by atoms with Crippen molar-refractivity contribution >= 4 is 50.6 Å². The number of aromatic amines is 1. The summed E-state index contributed by atoms with van der Waals surface area (Å²) in [5.41, 5.74) is 6.53. The van der Waals surface area contributed by atoms with Crippen LogP contribution in [0.3, 0.4) is 0 Å². The van der Waals surface area contributed by atoms with Gasteiger partial charge in [-0.25, -0.2) is 4.98 Å². The lowest BCUT2D eigenvalue weighted by atomic mass is 10.2. The van der Waals surface area contributed by atoms with Crippen molar-refractivity contribution in [3.8, 4) is 0 Å². The zero-order valence-electron chi connectivity index (χ0n) is 11.1. The lowest BCUT2D eigenvalue weighted by Crippen LogP contribution is -1.97. The van der Waals surface area contributed by atoms with Gasteiger partial charge in [0.15, 0.2) is 5.82 Å². The van der Waals surface area contributed by atoms with Crippen molar-refractivity contribution in [3.63, 3.8) is 0 Å². The highest BCUT2D eigenvalue weighted by atomic mass is 79.9. The van der Waals surface area contributed by atoms with Crippen LogP contribution in [0.1, 0.15) is 11.1 Å². The van der Waals surface area contributed by atoms with Crippen molar-refractivity contribution in [2.75, 3.05) is 5.43 Å². The molecule has 1 aromatic carbocycles. The number of aromatic nitrogens is 3. The van der Waals surface area contributed by atoms with Crippen LogP contribution in [0.2, 0.25) is 5.28 Å². The Hall–Kier alpha value is -1.92. The molecule has 0 aliphatic heterocycles. The van der Waals surface area contributed by atoms with Crippen molar-refractivity contribution in [2.45, 2.75) is 6.92 Å². The molecule has 0 unspecified atom stereocenters. The standard InChI is InChI=1S/C14H11BrClN5/c1-8-3-2-4-9(5-8)6-18-21-13-12-11(10(15)7-17-12)19-14(16)20-13/h2-7,17H,1H3,(H,19,20,21)/b18-6+. The monoisotopic (exact) mass is 363 g/mol. The molecule has 5 nitrogen and oxygen atoms in total. The average molecular weight is 365 g/mol. The summed E-state index contributed by atoms with van der Waals surface area (Å²) in [6.07, 6.45) is 3.51. The number of nitrogens with one attached hydrogen (secondary N) is 2. The minimum atomic E-state index is 0.163. The highest BCUT2D eigenvalue weighted by Gasteiger charge is 2.10. The Kier molecular flexibility index (Phi) is 3.90. The maximum Gasteiger partial charge on any atom is 0.225 e. The average Bonchev–Trinajstić information content (AvgIpc) is 2.81. The molecular formula is C14H11BrClN5. The first-order chi connectivity index (χ1) is 10.1. The minimum absolute atomic E-state index is 0.163. The van der Waals surface area contributed by atoms with Crippen LogP contribution >= 0.6 is 27.5 Å². The molecule has 0 spiro atoms. The molecule has 0 aliphatic carbocycles. The summed E-state index contributed by atoms with van der Waals surface area (Å²) in [7, 11) is 0. The molecule has 2 aromatic heterocycles. The van der Waals surface area contributed by atoms with E-state index in [-0.39, 0.29) is 5.28 Å². The minimum Gasteiger partial charge on any atom is -0.356 e. The van der Waals surface area contributed by atoms with Crippen molar-refractivity contribution < 1.29 is 0 Å². The second-order valence-corrected chi connectivity index (χ2v) is 5.68. The molecule has 0 amide bonds. The summed E-state index contributed by atoms with van der Waals surface area (Å²) >= 11 is 9.32. The Morgan fingerprint density at radius 3 is 3.05 bits per heavy atom. The van der Waals surface area contributed by atoms with E-state index >= 15 is 0 Å². The number of benzene rings is 1. The van der Waals surface area contributed by atoms with Crippen molar-refractivity contribution in [3.05, 3.63) is 51.3 Å². The van der Waals surface area contributed by atoms with Crippen LogP contribution < -0.4 is 5.43 Å². The highest BCUT2D eigenvalue weighted by molar-refractivity contribution is 9.10. The number of halogens is 2. The molecule has 2 N–H and O–H groups in total. The normalized spacial score (nSPS) is 11.4. The number of H-pyrrole nitrogens is 1. The molecule has 0 aliphatic rings. The van der Waals surface area contributed by atoms with E-state index in [0.29, 0.717) is 11.3 Å². The SMILES string of the molecule is Cc1cccc(/C=N/Nc2nc(Cl)nc3c(Br)c[nH]c23)c1. The smallest absolute Gasteiger partial charge is 0.225 e. The molecule has 21 heavy (non-hydrogen) atoms. The van der Waals surface area contributed by atoms with Gasteiger partial charge >= 0.3 is 0 Å². The van der Waals surface area contributed by atoms with E-state index in [1.54, 1.807) is 12.4 Å². The third-order valence-electron chi connectivity index (χ3n) is 2.88. The number of aryl methyl sites for hydroxylation is 1. The summed E-state index contributed by atoms with van der Waals surface area (Å²) in [5.74, 6) is 0.527. The van der Waals surface area contributed by atoms with Gasteiger partial charge in [0, 0.05) is 6.20 Å². The molecule has 3 rings (SSSR count). The Labute approximate surface area is 134 Å². The second-order valence-electron chi connectivity index (χ2n) is 4.49. The van der Waals surface area contributed by atoms with Crippen LogP contribution in [0.4, 0.5) is 5.82 Å². The fraction of sp³-hybridized carbons (Fsp3) is 0.0714. The van der Waals surface area contributed by atoms with E-state index in [1.165, 1.54) is 5.56 Å². The zero-order valence-corrected chi connectivity index (χ0v) is 13.4. The summed E-state index contributed by atoms with van der Waals surface area (Å²) < 4.78 is 0.826. The van der Waals surface area contributed by atoms with Gasteiger partial charge in [0.2, 0.25) is 5.28 Å². The van der Waals surface area contributed by atoms with Gasteiger partial charge in [0.05, 0.1) is 10.7 Å². The number of rotatable bonds is 3. The van der Waals surface area contributed by atoms with Crippen molar-refractivity contribution in [1.29, 1.82) is 0 Å². The van der Waals surface area contributed by atoms with Gasteiger partial charge in [-0.3, -0.25) is 5.43 Å². The van der Waals surface area contributed by atoms with Crippen molar-refractivity contribution in [1.82, 2.24) is 15.0 Å². The fourth-order valence-corrected chi connectivity index (χ4v) is 2.52. The maximum atomic E-state index is 5.92. The van der Waals surface area contributed by atoms with Gasteiger partial charge in [-0.2, -0.15) is 10.1 Å².